The van der Waals surface area contributed by atoms with Crippen molar-refractivity contribution in [3.8, 4) is 0 Å². The highest BCUT2D eigenvalue weighted by molar-refractivity contribution is 5.98. The quantitative estimate of drug-likeness (QED) is 0.515. The van der Waals surface area contributed by atoms with E-state index in [0.717, 1.165) is 18.4 Å². The molecule has 0 atom stereocenters. The van der Waals surface area contributed by atoms with E-state index in [0.29, 0.717) is 18.7 Å². The molecular weight excluding hydrogens is 306 g/mol. The van der Waals surface area contributed by atoms with Crippen molar-refractivity contribution in [3.63, 3.8) is 0 Å². The van der Waals surface area contributed by atoms with Crippen molar-refractivity contribution in [3.05, 3.63) is 35.4 Å². The number of ether oxygens (including phenoxy) is 1. The van der Waals surface area contributed by atoms with Crippen molar-refractivity contribution in [2.75, 3.05) is 13.2 Å². The summed E-state index contributed by atoms with van der Waals surface area (Å²) in [6.07, 6.45) is 2.54. The van der Waals surface area contributed by atoms with E-state index < -0.39 is 0 Å². The molecular formula is C19H25NO4. The van der Waals surface area contributed by atoms with Crippen LogP contribution in [0.1, 0.15) is 54.9 Å². The van der Waals surface area contributed by atoms with E-state index in [1.165, 1.54) is 0 Å². The molecule has 1 aliphatic rings. The molecule has 0 heterocycles. The molecule has 1 aliphatic carbocycles. The van der Waals surface area contributed by atoms with Crippen molar-refractivity contribution in [2.24, 2.45) is 0 Å². The number of nitrogens with zero attached hydrogens (tertiary/aromatic N) is 1. The van der Waals surface area contributed by atoms with Crippen LogP contribution >= 0.6 is 0 Å². The van der Waals surface area contributed by atoms with Crippen molar-refractivity contribution in [1.29, 1.82) is 0 Å². The van der Waals surface area contributed by atoms with Crippen LogP contribution in [-0.4, -0.2) is 41.8 Å². The maximum Gasteiger partial charge on any atom is 0.307 e. The summed E-state index contributed by atoms with van der Waals surface area (Å²) in [6.45, 7) is 4.45. The van der Waals surface area contributed by atoms with Crippen LogP contribution in [0.2, 0.25) is 0 Å². The highest BCUT2D eigenvalue weighted by Gasteiger charge is 2.32. The Morgan fingerprint density at radius 1 is 1.08 bits per heavy atom. The lowest BCUT2D eigenvalue weighted by Gasteiger charge is -2.22. The average Bonchev–Trinajstić information content (AvgIpc) is 3.38. The van der Waals surface area contributed by atoms with Gasteiger partial charge in [-0.15, -0.1) is 0 Å². The first-order valence-corrected chi connectivity index (χ1v) is 8.56. The van der Waals surface area contributed by atoms with Gasteiger partial charge in [-0.05, 0) is 26.7 Å². The zero-order chi connectivity index (χ0) is 17.5. The number of carbonyl (C=O) groups is 3. The molecule has 0 saturated heterocycles. The van der Waals surface area contributed by atoms with E-state index >= 15 is 0 Å². The molecule has 0 unspecified atom stereocenters. The second-order valence-electron chi connectivity index (χ2n) is 6.16. The van der Waals surface area contributed by atoms with Crippen molar-refractivity contribution < 1.29 is 19.1 Å². The molecule has 0 radical (unpaired) electrons. The molecule has 0 spiro atoms. The Labute approximate surface area is 143 Å². The lowest BCUT2D eigenvalue weighted by molar-refractivity contribution is -0.144. The van der Waals surface area contributed by atoms with E-state index in [1.54, 1.807) is 24.0 Å². The zero-order valence-electron chi connectivity index (χ0n) is 14.4. The fourth-order valence-corrected chi connectivity index (χ4v) is 2.59. The minimum atomic E-state index is -0.285. The summed E-state index contributed by atoms with van der Waals surface area (Å²) in [5, 5.41) is 0. The van der Waals surface area contributed by atoms with Gasteiger partial charge in [0.15, 0.2) is 5.78 Å². The Morgan fingerprint density at radius 3 is 2.33 bits per heavy atom. The summed E-state index contributed by atoms with van der Waals surface area (Å²) < 4.78 is 4.91. The minimum Gasteiger partial charge on any atom is -0.466 e. The Kier molecular flexibility index (Phi) is 6.53. The Morgan fingerprint density at radius 2 is 1.75 bits per heavy atom. The number of benzene rings is 1. The summed E-state index contributed by atoms with van der Waals surface area (Å²) >= 11 is 0. The Hall–Kier alpha value is -2.17. The van der Waals surface area contributed by atoms with E-state index in [1.807, 2.05) is 19.1 Å². The predicted molar refractivity (Wildman–Crippen MR) is 90.7 cm³/mol. The van der Waals surface area contributed by atoms with Gasteiger partial charge < -0.3 is 9.64 Å². The molecule has 0 aliphatic heterocycles. The predicted octanol–water partition coefficient (Wildman–Crippen LogP) is 2.90. The summed E-state index contributed by atoms with van der Waals surface area (Å²) in [5.74, 6) is -0.363. The number of ketones is 1. The Balaban J connectivity index is 1.83. The van der Waals surface area contributed by atoms with Gasteiger partial charge in [-0.25, -0.2) is 0 Å². The smallest absolute Gasteiger partial charge is 0.307 e. The second kappa shape index (κ2) is 8.62. The summed E-state index contributed by atoms with van der Waals surface area (Å²) in [6, 6.07) is 7.60. The number of hydrogen-bond acceptors (Lipinski definition) is 4. The first-order chi connectivity index (χ1) is 11.5. The second-order valence-corrected chi connectivity index (χ2v) is 6.16. The topological polar surface area (TPSA) is 63.7 Å². The number of esters is 1. The van der Waals surface area contributed by atoms with Gasteiger partial charge in [0.25, 0.3) is 0 Å². The van der Waals surface area contributed by atoms with Gasteiger partial charge in [0, 0.05) is 31.0 Å². The molecule has 1 aromatic carbocycles. The molecule has 0 bridgehead atoms. The largest absolute Gasteiger partial charge is 0.466 e. The van der Waals surface area contributed by atoms with Gasteiger partial charge in [-0.1, -0.05) is 29.8 Å². The number of rotatable bonds is 9. The van der Waals surface area contributed by atoms with Crippen LogP contribution in [0.5, 0.6) is 0 Å². The Bertz CT molecular complexity index is 590. The molecule has 5 nitrogen and oxygen atoms in total. The number of Topliss-reactive ketones (excluding diaryl/α,β-unsaturated/α-hetero) is 1. The van der Waals surface area contributed by atoms with Crippen LogP contribution in [-0.2, 0) is 14.3 Å². The lowest BCUT2D eigenvalue weighted by Crippen LogP contribution is -2.35. The highest BCUT2D eigenvalue weighted by Crippen LogP contribution is 2.28. The highest BCUT2D eigenvalue weighted by atomic mass is 16.5. The third kappa shape index (κ3) is 5.48. The van der Waals surface area contributed by atoms with Crippen LogP contribution in [0.4, 0.5) is 0 Å². The van der Waals surface area contributed by atoms with Gasteiger partial charge in [0.1, 0.15) is 0 Å². The molecule has 5 heteroatoms. The number of amides is 1. The molecule has 1 amide bonds. The third-order valence-electron chi connectivity index (χ3n) is 4.11. The molecule has 0 aromatic heterocycles. The number of hydrogen-bond donors (Lipinski definition) is 0. The van der Waals surface area contributed by atoms with Gasteiger partial charge in [-0.2, -0.15) is 0 Å². The van der Waals surface area contributed by atoms with E-state index in [2.05, 4.69) is 0 Å². The van der Waals surface area contributed by atoms with Crippen LogP contribution in [0.25, 0.3) is 0 Å². The SMILES string of the molecule is CCOC(=O)CCN(C(=O)CCC(=O)c1ccc(C)cc1)C1CC1. The summed E-state index contributed by atoms with van der Waals surface area (Å²) in [4.78, 5) is 37.8. The van der Waals surface area contributed by atoms with Gasteiger partial charge in [-0.3, -0.25) is 14.4 Å². The lowest BCUT2D eigenvalue weighted by atomic mass is 10.0. The zero-order valence-corrected chi connectivity index (χ0v) is 14.4. The van der Waals surface area contributed by atoms with Gasteiger partial charge in [0.2, 0.25) is 5.91 Å². The van der Waals surface area contributed by atoms with Crippen molar-refractivity contribution >= 4 is 17.7 Å². The number of carbonyl (C=O) groups excluding carboxylic acids is 3. The van der Waals surface area contributed by atoms with Gasteiger partial charge in [0.05, 0.1) is 13.0 Å². The standard InChI is InChI=1S/C19H25NO4/c1-3-24-19(23)12-13-20(16-8-9-16)18(22)11-10-17(21)15-6-4-14(2)5-7-15/h4-7,16H,3,8-13H2,1-2H3. The molecule has 0 N–H and O–H groups in total. The number of aryl methyl sites for hydroxylation is 1. The van der Waals surface area contributed by atoms with E-state index in [4.69, 9.17) is 4.74 Å². The fraction of sp³-hybridized carbons (Fsp3) is 0.526. The van der Waals surface area contributed by atoms with Crippen LogP contribution < -0.4 is 0 Å². The monoisotopic (exact) mass is 331 g/mol. The molecule has 1 fully saturated rings. The normalized spacial score (nSPS) is 13.4. The van der Waals surface area contributed by atoms with Gasteiger partial charge >= 0.3 is 5.97 Å². The molecule has 2 rings (SSSR count). The van der Waals surface area contributed by atoms with Crippen LogP contribution in [0.15, 0.2) is 24.3 Å². The third-order valence-corrected chi connectivity index (χ3v) is 4.11. The van der Waals surface area contributed by atoms with Crippen molar-refractivity contribution in [1.82, 2.24) is 4.90 Å². The average molecular weight is 331 g/mol. The van der Waals surface area contributed by atoms with E-state index in [9.17, 15) is 14.4 Å². The minimum absolute atomic E-state index is 0.0236. The first-order valence-electron chi connectivity index (χ1n) is 8.56. The molecule has 1 saturated carbocycles. The maximum absolute atomic E-state index is 12.4. The first kappa shape index (κ1) is 18.2. The fourth-order valence-electron chi connectivity index (χ4n) is 2.59. The van der Waals surface area contributed by atoms with Crippen LogP contribution in [0.3, 0.4) is 0 Å². The summed E-state index contributed by atoms with van der Waals surface area (Å²) in [5.41, 5.74) is 1.74. The summed E-state index contributed by atoms with van der Waals surface area (Å²) in [7, 11) is 0. The molecule has 130 valence electrons. The van der Waals surface area contributed by atoms with E-state index in [-0.39, 0.29) is 43.0 Å². The molecule has 24 heavy (non-hydrogen) atoms. The maximum atomic E-state index is 12.4. The van der Waals surface area contributed by atoms with Crippen molar-refractivity contribution in [2.45, 2.75) is 52.0 Å². The molecule has 1 aromatic rings. The van der Waals surface area contributed by atoms with Crippen LogP contribution in [0, 0.1) is 6.92 Å².